The fourth-order valence-electron chi connectivity index (χ4n) is 2.31. The predicted octanol–water partition coefficient (Wildman–Crippen LogP) is 0.534. The molecule has 2 rings (SSSR count). The zero-order chi connectivity index (χ0) is 14.8. The van der Waals surface area contributed by atoms with Crippen LogP contribution in [0.3, 0.4) is 0 Å². The zero-order valence-electron chi connectivity index (χ0n) is 11.6. The third-order valence-corrected chi connectivity index (χ3v) is 4.81. The molecule has 6 nitrogen and oxygen atoms in total. The minimum Gasteiger partial charge on any atom is -0.342 e. The number of carbonyl (C=O) groups excluding carboxylic acids is 1. The van der Waals surface area contributed by atoms with Crippen LogP contribution < -0.4 is 4.72 Å². The van der Waals surface area contributed by atoms with E-state index in [0.29, 0.717) is 32.4 Å². The van der Waals surface area contributed by atoms with Crippen LogP contribution in [0.15, 0.2) is 5.38 Å². The Morgan fingerprint density at radius 3 is 2.65 bits per heavy atom. The smallest absolute Gasteiger partial charge is 0.228 e. The van der Waals surface area contributed by atoms with E-state index in [1.807, 2.05) is 12.3 Å². The van der Waals surface area contributed by atoms with E-state index in [2.05, 4.69) is 9.71 Å². The Kier molecular flexibility index (Phi) is 4.77. The van der Waals surface area contributed by atoms with Gasteiger partial charge in [0.25, 0.3) is 0 Å². The molecule has 8 heteroatoms. The van der Waals surface area contributed by atoms with E-state index in [-0.39, 0.29) is 11.9 Å². The van der Waals surface area contributed by atoms with Gasteiger partial charge in [-0.1, -0.05) is 0 Å². The van der Waals surface area contributed by atoms with Gasteiger partial charge in [-0.3, -0.25) is 4.79 Å². The van der Waals surface area contributed by atoms with Crippen molar-refractivity contribution < 1.29 is 13.2 Å². The monoisotopic (exact) mass is 317 g/mol. The maximum Gasteiger partial charge on any atom is 0.228 e. The molecule has 1 aliphatic heterocycles. The number of sulfonamides is 1. The number of amides is 1. The van der Waals surface area contributed by atoms with Crippen molar-refractivity contribution >= 4 is 27.3 Å². The highest BCUT2D eigenvalue weighted by molar-refractivity contribution is 7.88. The Hall–Kier alpha value is -0.990. The number of hydrogen-bond donors (Lipinski definition) is 1. The lowest BCUT2D eigenvalue weighted by molar-refractivity contribution is -0.131. The topological polar surface area (TPSA) is 79.4 Å². The van der Waals surface area contributed by atoms with Gasteiger partial charge < -0.3 is 4.90 Å². The average molecular weight is 317 g/mol. The highest BCUT2D eigenvalue weighted by Gasteiger charge is 2.24. The molecule has 1 fully saturated rings. The lowest BCUT2D eigenvalue weighted by Gasteiger charge is -2.31. The summed E-state index contributed by atoms with van der Waals surface area (Å²) in [6.45, 7) is 3.10. The van der Waals surface area contributed by atoms with Crippen molar-refractivity contribution in [2.45, 2.75) is 32.2 Å². The summed E-state index contributed by atoms with van der Waals surface area (Å²) in [5.74, 6) is 0.0631. The van der Waals surface area contributed by atoms with Crippen LogP contribution in [0, 0.1) is 6.92 Å². The molecular weight excluding hydrogens is 298 g/mol. The molecular formula is C12H19N3O3S2. The van der Waals surface area contributed by atoms with Crippen LogP contribution in [0.4, 0.5) is 0 Å². The quantitative estimate of drug-likeness (QED) is 0.879. The summed E-state index contributed by atoms with van der Waals surface area (Å²) in [5.41, 5.74) is 0.814. The van der Waals surface area contributed by atoms with Crippen LogP contribution in [0.25, 0.3) is 0 Å². The molecule has 20 heavy (non-hydrogen) atoms. The van der Waals surface area contributed by atoms with Gasteiger partial charge in [0.15, 0.2) is 0 Å². The van der Waals surface area contributed by atoms with Gasteiger partial charge in [0.1, 0.15) is 0 Å². The fraction of sp³-hybridized carbons (Fsp3) is 0.667. The lowest BCUT2D eigenvalue weighted by Crippen LogP contribution is -2.46. The van der Waals surface area contributed by atoms with E-state index in [9.17, 15) is 13.2 Å². The number of rotatable bonds is 4. The molecule has 1 aromatic rings. The second-order valence-corrected chi connectivity index (χ2v) is 7.92. The van der Waals surface area contributed by atoms with Crippen LogP contribution in [-0.4, -0.2) is 49.6 Å². The van der Waals surface area contributed by atoms with Gasteiger partial charge in [-0.2, -0.15) is 0 Å². The summed E-state index contributed by atoms with van der Waals surface area (Å²) in [6, 6.07) is -0.0597. The van der Waals surface area contributed by atoms with Crippen molar-refractivity contribution in [2.24, 2.45) is 0 Å². The van der Waals surface area contributed by atoms with Crippen LogP contribution in [0.5, 0.6) is 0 Å². The third kappa shape index (κ3) is 4.53. The van der Waals surface area contributed by atoms with Gasteiger partial charge in [0.2, 0.25) is 15.9 Å². The molecule has 0 bridgehead atoms. The molecule has 0 saturated carbocycles. The number of hydrogen-bond acceptors (Lipinski definition) is 5. The molecule has 0 spiro atoms. The molecule has 0 atom stereocenters. The number of nitrogens with zero attached hydrogens (tertiary/aromatic N) is 2. The van der Waals surface area contributed by atoms with Crippen molar-refractivity contribution in [2.75, 3.05) is 19.3 Å². The number of thiazole rings is 1. The largest absolute Gasteiger partial charge is 0.342 e. The van der Waals surface area contributed by atoms with Gasteiger partial charge in [-0.25, -0.2) is 18.1 Å². The Morgan fingerprint density at radius 1 is 1.50 bits per heavy atom. The second kappa shape index (κ2) is 6.19. The molecule has 2 heterocycles. The molecule has 1 saturated heterocycles. The fourth-order valence-corrected chi connectivity index (χ4v) is 3.76. The second-order valence-electron chi connectivity index (χ2n) is 5.08. The summed E-state index contributed by atoms with van der Waals surface area (Å²) in [7, 11) is -3.17. The van der Waals surface area contributed by atoms with E-state index in [1.165, 1.54) is 0 Å². The van der Waals surface area contributed by atoms with Gasteiger partial charge in [-0.05, 0) is 19.8 Å². The first-order valence-corrected chi connectivity index (χ1v) is 9.26. The molecule has 0 unspecified atom stereocenters. The molecule has 1 amide bonds. The van der Waals surface area contributed by atoms with Crippen molar-refractivity contribution in [1.82, 2.24) is 14.6 Å². The standard InChI is InChI=1S/C12H19N3O3S2/c1-9-13-11(8-19-9)7-12(16)15-5-3-10(4-6-15)14-20(2,17)18/h8,10,14H,3-7H2,1-2H3. The summed E-state index contributed by atoms with van der Waals surface area (Å²) in [4.78, 5) is 18.2. The maximum atomic E-state index is 12.1. The van der Waals surface area contributed by atoms with Gasteiger partial charge >= 0.3 is 0 Å². The number of aryl methyl sites for hydroxylation is 1. The highest BCUT2D eigenvalue weighted by Crippen LogP contribution is 2.14. The molecule has 0 radical (unpaired) electrons. The van der Waals surface area contributed by atoms with Gasteiger partial charge in [0, 0.05) is 24.5 Å². The first-order valence-electron chi connectivity index (χ1n) is 6.49. The average Bonchev–Trinajstić information content (AvgIpc) is 2.73. The Balaban J connectivity index is 1.83. The van der Waals surface area contributed by atoms with E-state index in [4.69, 9.17) is 0 Å². The summed E-state index contributed by atoms with van der Waals surface area (Å²) < 4.78 is 24.9. The van der Waals surface area contributed by atoms with Crippen molar-refractivity contribution in [3.05, 3.63) is 16.1 Å². The lowest BCUT2D eigenvalue weighted by atomic mass is 10.1. The zero-order valence-corrected chi connectivity index (χ0v) is 13.3. The number of nitrogens with one attached hydrogen (secondary N) is 1. The minimum absolute atomic E-state index is 0.0597. The van der Waals surface area contributed by atoms with Crippen molar-refractivity contribution in [3.63, 3.8) is 0 Å². The SMILES string of the molecule is Cc1nc(CC(=O)N2CCC(NS(C)(=O)=O)CC2)cs1. The first-order chi connectivity index (χ1) is 9.33. The van der Waals surface area contributed by atoms with E-state index in [0.717, 1.165) is 17.0 Å². The van der Waals surface area contributed by atoms with Crippen molar-refractivity contribution in [1.29, 1.82) is 0 Å². The minimum atomic E-state index is -3.17. The number of carbonyl (C=O) groups is 1. The molecule has 1 N–H and O–H groups in total. The van der Waals surface area contributed by atoms with E-state index in [1.54, 1.807) is 16.2 Å². The Labute approximate surface area is 123 Å². The van der Waals surface area contributed by atoms with Crippen LogP contribution in [0.1, 0.15) is 23.5 Å². The molecule has 0 aromatic carbocycles. The Bertz CT molecular complexity index is 575. The third-order valence-electron chi connectivity index (χ3n) is 3.23. The first kappa shape index (κ1) is 15.4. The Morgan fingerprint density at radius 2 is 2.15 bits per heavy atom. The summed E-state index contributed by atoms with van der Waals surface area (Å²) in [6.07, 6.45) is 2.81. The van der Waals surface area contributed by atoms with Gasteiger partial charge in [-0.15, -0.1) is 11.3 Å². The highest BCUT2D eigenvalue weighted by atomic mass is 32.2. The van der Waals surface area contributed by atoms with Crippen LogP contribution in [0.2, 0.25) is 0 Å². The maximum absolute atomic E-state index is 12.1. The number of piperidine rings is 1. The van der Waals surface area contributed by atoms with Crippen molar-refractivity contribution in [3.8, 4) is 0 Å². The normalized spacial score (nSPS) is 17.4. The van der Waals surface area contributed by atoms with E-state index >= 15 is 0 Å². The number of likely N-dealkylation sites (tertiary alicyclic amines) is 1. The van der Waals surface area contributed by atoms with Gasteiger partial charge in [0.05, 0.1) is 23.4 Å². The van der Waals surface area contributed by atoms with Crippen LogP contribution in [-0.2, 0) is 21.2 Å². The molecule has 1 aromatic heterocycles. The molecule has 1 aliphatic rings. The van der Waals surface area contributed by atoms with E-state index < -0.39 is 10.0 Å². The van der Waals surface area contributed by atoms with Crippen LogP contribution >= 0.6 is 11.3 Å². The predicted molar refractivity (Wildman–Crippen MR) is 78.1 cm³/mol. The molecule has 0 aliphatic carbocycles. The number of aromatic nitrogens is 1. The summed E-state index contributed by atoms with van der Waals surface area (Å²) in [5, 5.41) is 2.87. The molecule has 112 valence electrons. The summed E-state index contributed by atoms with van der Waals surface area (Å²) >= 11 is 1.54.